The second-order valence-corrected chi connectivity index (χ2v) is 34.2. The molecule has 1 saturated heterocycles. The van der Waals surface area contributed by atoms with Crippen molar-refractivity contribution in [1.82, 2.24) is 95.0 Å². The van der Waals surface area contributed by atoms with E-state index in [1.807, 2.05) is 0 Å². The first kappa shape index (κ1) is 106. The number of hydrogen-bond acceptors (Lipinski definition) is 24. The van der Waals surface area contributed by atoms with Crippen LogP contribution in [0.5, 0.6) is 23.0 Å². The van der Waals surface area contributed by atoms with Crippen LogP contribution in [0.1, 0.15) is 128 Å². The zero-order valence-corrected chi connectivity index (χ0v) is 75.0. The standard InChI is InChI=1S/C87H122N22O21S/c1-9-48(8)74-86(130)108-61(31-47(6)7)80(124)104-62(32-49-12-20-54(110)21-13-49)76(120)96-40-71(116)98-67(37-69(88)114)85(129)102-59(29-45(2)3)75(119)95-41-72(117)100-68(77(121)94-39-70(89)115)42-131-43-73(118)99-63(33-50-14-22-55(111)23-15-50)81(125)107-66(36-53-38-92-44-97-53)84(128)103-60(30-46(4)5)79(123)105-65(35-52-18-26-57(113)27-19-52)83(127)106-64(34-51-16-24-56(112)25-17-51)82(126)101-58(78(122)109-74)11-10-28-93-87(90)91/h12-27,38,44-48,58-68,74,110-113H,9-11,28-37,39-43H2,1-8H3,(H2,88,114)(H2,89,115)(H,92,97)(H,94,121)(H,95,119)(H,96,120)(H,98,116)(H,99,118)(H,100,117)(H,101,126)(H,102,129)(H,103,128)(H,104,124)(H,105,123)(H,106,127)(H,107,125)(H,108,130)(H,109,122)(H4,90,91,93)/t48-,58-,59-,60-,61-,62-,63-,64-,65-,66-,67-,68-,74-/m0/s1. The Bertz CT molecular complexity index is 4760. The molecule has 0 bridgehead atoms. The molecule has 2 heterocycles. The first-order valence-electron chi connectivity index (χ1n) is 42.8. The maximum Gasteiger partial charge on any atom is 0.243 e. The van der Waals surface area contributed by atoms with Gasteiger partial charge in [0.2, 0.25) is 100 Å². The van der Waals surface area contributed by atoms with Crippen molar-refractivity contribution in [3.63, 3.8) is 0 Å². The number of nitrogens with two attached hydrogens (primary N) is 3. The maximum absolute atomic E-state index is 15.4. The molecule has 44 heteroatoms. The zero-order chi connectivity index (χ0) is 96.7. The molecular weight excluding hydrogens is 1720 g/mol. The Kier molecular flexibility index (Phi) is 42.8. The summed E-state index contributed by atoms with van der Waals surface area (Å²) in [7, 11) is 0. The molecule has 4 aromatic carbocycles. The summed E-state index contributed by atoms with van der Waals surface area (Å²) < 4.78 is 0. The number of aromatic amines is 1. The Morgan fingerprint density at radius 1 is 0.427 bits per heavy atom. The number of aromatic nitrogens is 2. The summed E-state index contributed by atoms with van der Waals surface area (Å²) in [5.41, 5.74) is 18.2. The van der Waals surface area contributed by atoms with Crippen LogP contribution in [0.15, 0.2) is 110 Å². The third-order valence-corrected chi connectivity index (χ3v) is 21.6. The smallest absolute Gasteiger partial charge is 0.243 e. The van der Waals surface area contributed by atoms with E-state index in [-0.39, 0.29) is 118 Å². The number of carbonyl (C=O) groups excluding carboxylic acids is 17. The lowest BCUT2D eigenvalue weighted by Gasteiger charge is -2.30. The lowest BCUT2D eigenvalue weighted by Crippen LogP contribution is -2.62. The van der Waals surface area contributed by atoms with Crippen molar-refractivity contribution in [2.75, 3.05) is 37.7 Å². The summed E-state index contributed by atoms with van der Waals surface area (Å²) in [6.45, 7) is 11.0. The monoisotopic (exact) mass is 1840 g/mol. The van der Waals surface area contributed by atoms with E-state index in [1.54, 1.807) is 55.4 Å². The van der Waals surface area contributed by atoms with Crippen LogP contribution in [0.4, 0.5) is 0 Å². The van der Waals surface area contributed by atoms with Crippen LogP contribution in [0.3, 0.4) is 0 Å². The molecule has 0 unspecified atom stereocenters. The molecule has 13 atom stereocenters. The topological polar surface area (TPSA) is 694 Å². The molecule has 1 fully saturated rings. The highest BCUT2D eigenvalue weighted by Crippen LogP contribution is 2.21. The molecule has 0 radical (unpaired) electrons. The third kappa shape index (κ3) is 38.0. The lowest BCUT2D eigenvalue weighted by atomic mass is 9.95. The molecule has 5 aromatic rings. The highest BCUT2D eigenvalue weighted by atomic mass is 32.2. The quantitative estimate of drug-likeness (QED) is 0.0138. The molecule has 712 valence electrons. The summed E-state index contributed by atoms with van der Waals surface area (Å²) in [5, 5.41) is 90.2. The molecule has 28 N–H and O–H groups in total. The number of thioether (sulfide) groups is 1. The Balaban J connectivity index is 1.46. The van der Waals surface area contributed by atoms with E-state index in [1.165, 1.54) is 110 Å². The number of benzene rings is 4. The second kappa shape index (κ2) is 53.0. The summed E-state index contributed by atoms with van der Waals surface area (Å²) >= 11 is 0.740. The lowest BCUT2D eigenvalue weighted by molar-refractivity contribution is -0.136. The summed E-state index contributed by atoms with van der Waals surface area (Å²) in [5.74, 6) is -21.0. The number of guanidine groups is 1. The molecule has 0 aliphatic carbocycles. The third-order valence-electron chi connectivity index (χ3n) is 20.6. The number of rotatable bonds is 27. The Morgan fingerprint density at radius 3 is 1.18 bits per heavy atom. The minimum atomic E-state index is -1.82. The van der Waals surface area contributed by atoms with E-state index in [2.05, 4.69) is 95.0 Å². The first-order valence-corrected chi connectivity index (χ1v) is 43.9. The number of nitrogens with one attached hydrogen (secondary N) is 18. The van der Waals surface area contributed by atoms with Gasteiger partial charge in [-0.05, 0) is 127 Å². The van der Waals surface area contributed by atoms with Gasteiger partial charge in [-0.15, -0.1) is 11.8 Å². The summed E-state index contributed by atoms with van der Waals surface area (Å²) in [4.78, 5) is 251. The Labute approximate surface area is 761 Å². The fourth-order valence-corrected chi connectivity index (χ4v) is 14.5. The van der Waals surface area contributed by atoms with E-state index in [0.29, 0.717) is 22.3 Å². The number of primary amides is 2. The molecule has 1 aliphatic heterocycles. The van der Waals surface area contributed by atoms with Gasteiger partial charge >= 0.3 is 0 Å². The molecule has 0 saturated carbocycles. The van der Waals surface area contributed by atoms with E-state index >= 15 is 28.8 Å². The van der Waals surface area contributed by atoms with E-state index < -0.39 is 228 Å². The molecule has 17 amide bonds. The van der Waals surface area contributed by atoms with Crippen molar-refractivity contribution < 1.29 is 102 Å². The van der Waals surface area contributed by atoms with Crippen LogP contribution >= 0.6 is 11.8 Å². The van der Waals surface area contributed by atoms with Crippen LogP contribution in [0.25, 0.3) is 0 Å². The van der Waals surface area contributed by atoms with Crippen molar-refractivity contribution in [3.05, 3.63) is 138 Å². The van der Waals surface area contributed by atoms with Gasteiger partial charge in [-0.3, -0.25) is 86.9 Å². The van der Waals surface area contributed by atoms with Gasteiger partial charge in [0.05, 0.1) is 43.8 Å². The predicted octanol–water partition coefficient (Wildman–Crippen LogP) is -3.53. The van der Waals surface area contributed by atoms with Gasteiger partial charge in [0.1, 0.15) is 95.5 Å². The number of amides is 17. The molecule has 1 aromatic heterocycles. The average molecular weight is 1840 g/mol. The predicted molar refractivity (Wildman–Crippen MR) is 479 cm³/mol. The molecule has 1 aliphatic rings. The number of aromatic hydroxyl groups is 4. The SMILES string of the molecule is CC[C@H](C)[C@@H]1NC(=O)[C@H](CCCNC(=N)N)NC(=O)[C@H](Cc2ccc(O)cc2)NC(=O)[C@H](Cc2ccc(O)cc2)NC(=O)[C@H](CC(C)C)NC(=O)[C@H](Cc2c[nH]cn2)NC(=O)[C@H](Cc2ccc(O)cc2)NC(=O)CSC[C@@H](C(=O)NCC(N)=O)NC(=O)CNC(=O)[C@H](CC(C)C)NC(=O)[C@H](CC(N)=O)NC(=O)CNC(=O)[C@H](Cc2ccc(O)cc2)NC(=O)[C@H](CC(C)C)NC1=O. The van der Waals surface area contributed by atoms with E-state index in [4.69, 9.17) is 22.6 Å². The minimum Gasteiger partial charge on any atom is -0.508 e. The Morgan fingerprint density at radius 2 is 0.779 bits per heavy atom. The van der Waals surface area contributed by atoms with Gasteiger partial charge in [-0.25, -0.2) is 4.98 Å². The minimum absolute atomic E-state index is 0.0168. The zero-order valence-electron chi connectivity index (χ0n) is 74.2. The molecule has 43 nitrogen and oxygen atoms in total. The van der Waals surface area contributed by atoms with Gasteiger partial charge in [0, 0.05) is 50.6 Å². The van der Waals surface area contributed by atoms with E-state index in [9.17, 15) is 73.2 Å². The van der Waals surface area contributed by atoms with Crippen LogP contribution in [-0.2, 0) is 114 Å². The molecular formula is C87H122N22O21S. The van der Waals surface area contributed by atoms with E-state index in [0.717, 1.165) is 11.8 Å². The van der Waals surface area contributed by atoms with Gasteiger partial charge in [-0.2, -0.15) is 0 Å². The highest BCUT2D eigenvalue weighted by molar-refractivity contribution is 8.00. The van der Waals surface area contributed by atoms with Gasteiger partial charge in [0.15, 0.2) is 5.96 Å². The number of carbonyl (C=O) groups is 17. The van der Waals surface area contributed by atoms with Crippen molar-refractivity contribution >= 4 is 118 Å². The first-order chi connectivity index (χ1) is 62.0. The normalized spacial score (nSPS) is 22.4. The summed E-state index contributed by atoms with van der Waals surface area (Å²) in [6, 6.07) is 2.97. The van der Waals surface area contributed by atoms with Crippen molar-refractivity contribution in [3.8, 4) is 23.0 Å². The molecule has 131 heavy (non-hydrogen) atoms. The van der Waals surface area contributed by atoms with Crippen molar-refractivity contribution in [2.45, 2.75) is 205 Å². The maximum atomic E-state index is 15.4. The number of phenols is 4. The van der Waals surface area contributed by atoms with Gasteiger partial charge < -0.3 is 128 Å². The number of H-pyrrole nitrogens is 1. The van der Waals surface area contributed by atoms with Crippen molar-refractivity contribution in [2.24, 2.45) is 40.9 Å². The van der Waals surface area contributed by atoms with Crippen LogP contribution in [0.2, 0.25) is 0 Å². The Hall–Kier alpha value is -14.1. The van der Waals surface area contributed by atoms with Crippen LogP contribution in [-0.4, -0.2) is 247 Å². The van der Waals surface area contributed by atoms with Crippen LogP contribution < -0.4 is 102 Å². The number of phenolic OH excluding ortho intramolecular Hbond substituents is 4. The van der Waals surface area contributed by atoms with Crippen LogP contribution in [0, 0.1) is 29.1 Å². The van der Waals surface area contributed by atoms with Crippen molar-refractivity contribution in [1.29, 1.82) is 5.41 Å². The fraction of sp³-hybridized carbons (Fsp3) is 0.483. The molecule has 6 rings (SSSR count). The van der Waals surface area contributed by atoms with Gasteiger partial charge in [0.25, 0.3) is 0 Å². The fourth-order valence-electron chi connectivity index (χ4n) is 13.6. The number of nitrogens with zero attached hydrogens (tertiary/aromatic N) is 1. The number of hydrogen-bond donors (Lipinski definition) is 25. The second-order valence-electron chi connectivity index (χ2n) is 33.1. The highest BCUT2D eigenvalue weighted by Gasteiger charge is 2.39. The largest absolute Gasteiger partial charge is 0.508 e. The summed E-state index contributed by atoms with van der Waals surface area (Å²) in [6.07, 6.45) is -0.190. The number of imidazole rings is 1. The average Bonchev–Trinajstić information content (AvgIpc) is 1.02. The molecule has 0 spiro atoms. The van der Waals surface area contributed by atoms with Gasteiger partial charge in [-0.1, -0.05) is 110 Å².